The Morgan fingerprint density at radius 2 is 1.62 bits per heavy atom. The molecule has 5 fully saturated rings. The molecule has 1 saturated heterocycles. The van der Waals surface area contributed by atoms with Gasteiger partial charge in [0.05, 0.1) is 35.0 Å². The van der Waals surface area contributed by atoms with E-state index in [-0.39, 0.29) is 123 Å². The van der Waals surface area contributed by atoms with E-state index in [1.807, 2.05) is 40.8 Å². The highest BCUT2D eigenvalue weighted by Gasteiger charge is 2.66. The summed E-state index contributed by atoms with van der Waals surface area (Å²) in [5.74, 6) is -5.05. The number of aromatic nitrogens is 4. The maximum atomic E-state index is 15.4. The second-order valence-corrected chi connectivity index (χ2v) is 30.1. The number of ether oxygens (including phenoxy) is 5. The number of hydroxylamine groups is 1. The van der Waals surface area contributed by atoms with Crippen LogP contribution in [0.4, 0.5) is 20.1 Å². The van der Waals surface area contributed by atoms with Crippen LogP contribution in [-0.2, 0) is 64.3 Å². The number of halogens is 1. The molecule has 4 saturated carbocycles. The van der Waals surface area contributed by atoms with Gasteiger partial charge in [0.1, 0.15) is 67.0 Å². The van der Waals surface area contributed by atoms with Gasteiger partial charge in [-0.25, -0.2) is 34.2 Å². The van der Waals surface area contributed by atoms with Crippen LogP contribution >= 0.6 is 23.1 Å². The van der Waals surface area contributed by atoms with Gasteiger partial charge >= 0.3 is 24.0 Å². The first kappa shape index (κ1) is 71.9. The number of nitrogens with zero attached hydrogens (tertiary/aromatic N) is 5. The van der Waals surface area contributed by atoms with Crippen LogP contribution in [0.15, 0.2) is 72.9 Å². The quantitative estimate of drug-likeness (QED) is 0.0152. The van der Waals surface area contributed by atoms with Gasteiger partial charge in [-0.15, -0.1) is 0 Å². The number of Topliss-reactive ketones (excluding diaryl/α,β-unsaturated/α-hetero) is 1. The van der Waals surface area contributed by atoms with Crippen LogP contribution in [0, 0.1) is 29.0 Å². The molecule has 5 heterocycles. The van der Waals surface area contributed by atoms with Crippen molar-refractivity contribution in [3.63, 3.8) is 0 Å². The Labute approximate surface area is 577 Å². The molecule has 3 amide bonds. The van der Waals surface area contributed by atoms with Crippen molar-refractivity contribution in [1.82, 2.24) is 30.5 Å². The summed E-state index contributed by atoms with van der Waals surface area (Å²) in [6.45, 7) is 8.74. The Morgan fingerprint density at radius 1 is 0.848 bits per heavy atom. The lowest BCUT2D eigenvalue weighted by molar-refractivity contribution is -0.271. The van der Waals surface area contributed by atoms with Gasteiger partial charge in [0, 0.05) is 84.2 Å². The molecule has 3 unspecified atom stereocenters. The number of benzene rings is 3. The molecule has 12 rings (SSSR count). The lowest BCUT2D eigenvalue weighted by Gasteiger charge is -2.69. The van der Waals surface area contributed by atoms with Crippen LogP contribution in [0.3, 0.4) is 0 Å². The van der Waals surface area contributed by atoms with Crippen LogP contribution in [0.2, 0.25) is 0 Å². The van der Waals surface area contributed by atoms with Crippen LogP contribution in [-0.4, -0.2) is 172 Å². The number of fused-ring (bicyclic) bond motifs is 2. The number of alkyl carbamates (subject to hydrolysis) is 1. The average Bonchev–Trinajstić information content (AvgIpc) is 0.856. The molecule has 99 heavy (non-hydrogen) atoms. The van der Waals surface area contributed by atoms with Gasteiger partial charge in [0.15, 0.2) is 16.9 Å². The minimum atomic E-state index is -1.96. The minimum Gasteiger partial charge on any atom is -0.491 e. The summed E-state index contributed by atoms with van der Waals surface area (Å²) in [4.78, 5) is 105. The largest absolute Gasteiger partial charge is 0.491 e. The third-order valence-corrected chi connectivity index (χ3v) is 21.6. The van der Waals surface area contributed by atoms with E-state index >= 15 is 4.39 Å². The highest BCUT2D eigenvalue weighted by atomic mass is 32.2. The number of ketones is 1. The van der Waals surface area contributed by atoms with E-state index in [0.29, 0.717) is 51.9 Å². The number of anilines is 2. The number of aliphatic hydroxyl groups is 3. The highest BCUT2D eigenvalue weighted by molar-refractivity contribution is 8.00. The third-order valence-electron chi connectivity index (χ3n) is 19.4. The number of aliphatic carboxylic acids is 2. The molecule has 3 aromatic heterocycles. The highest BCUT2D eigenvalue weighted by Crippen LogP contribution is 2.72. The first-order valence-electron chi connectivity index (χ1n) is 32.6. The zero-order valence-corrected chi connectivity index (χ0v) is 57.0. The maximum absolute atomic E-state index is 15.4. The normalized spacial score (nSPS) is 25.1. The van der Waals surface area contributed by atoms with E-state index in [9.17, 15) is 64.2 Å². The Bertz CT molecular complexity index is 4030. The number of hydrogen-bond donors (Lipinski definition) is 9. The molecule has 530 valence electrons. The molecular weight excluding hydrogens is 1330 g/mol. The maximum Gasteiger partial charge on any atom is 0.407 e. The Morgan fingerprint density at radius 3 is 2.34 bits per heavy atom. The number of rotatable bonds is 30. The molecule has 0 spiro atoms. The summed E-state index contributed by atoms with van der Waals surface area (Å²) in [6.07, 6.45) is -1.31. The fourth-order valence-corrected chi connectivity index (χ4v) is 17.5. The van der Waals surface area contributed by atoms with E-state index in [1.165, 1.54) is 53.4 Å². The fraction of sp³-hybridized carbons (Fsp3) is 0.507. The number of nitrogens with one attached hydrogen (secondary N) is 3. The number of thioether (sulfide) groups is 1. The summed E-state index contributed by atoms with van der Waals surface area (Å²) in [5, 5.41) is 71.7. The summed E-state index contributed by atoms with van der Waals surface area (Å²) in [6, 6.07) is 17.9. The van der Waals surface area contributed by atoms with Crippen molar-refractivity contribution >= 4 is 85.9 Å². The van der Waals surface area contributed by atoms with E-state index in [4.69, 9.17) is 38.6 Å². The van der Waals surface area contributed by atoms with Gasteiger partial charge in [-0.3, -0.25) is 34.0 Å². The molecule has 0 radical (unpaired) electrons. The number of pyridine rings is 1. The van der Waals surface area contributed by atoms with Crippen molar-refractivity contribution < 1.29 is 97.1 Å². The summed E-state index contributed by atoms with van der Waals surface area (Å²) in [7, 11) is 0. The van der Waals surface area contributed by atoms with Crippen LogP contribution < -0.4 is 30.5 Å². The first-order chi connectivity index (χ1) is 47.1. The van der Waals surface area contributed by atoms with Crippen molar-refractivity contribution in [1.29, 1.82) is 0 Å². The van der Waals surface area contributed by atoms with Gasteiger partial charge < -0.3 is 64.5 Å². The lowest BCUT2D eigenvalue weighted by atomic mass is 9.39. The number of carbonyl (C=O) groups is 7. The molecule has 4 aliphatic carbocycles. The molecule has 9 N–H and O–H groups in total. The van der Waals surface area contributed by atoms with Crippen molar-refractivity contribution in [2.45, 2.75) is 165 Å². The van der Waals surface area contributed by atoms with E-state index < -0.39 is 82.7 Å². The monoisotopic (exact) mass is 1410 g/mol. The van der Waals surface area contributed by atoms with Gasteiger partial charge in [0.25, 0.3) is 5.91 Å². The number of carbonyl (C=O) groups excluding carboxylic acids is 4. The number of carboxylic acids is 3. The summed E-state index contributed by atoms with van der Waals surface area (Å²) < 4.78 is 47.0. The van der Waals surface area contributed by atoms with Gasteiger partial charge in [0.2, 0.25) is 12.2 Å². The number of amides is 3. The second-order valence-electron chi connectivity index (χ2n) is 27.7. The molecule has 30 heteroatoms. The smallest absolute Gasteiger partial charge is 0.407 e. The Kier molecular flexibility index (Phi) is 21.4. The van der Waals surface area contributed by atoms with Crippen LogP contribution in [0.5, 0.6) is 11.5 Å². The molecule has 8 atom stereocenters. The van der Waals surface area contributed by atoms with E-state index in [0.717, 1.165) is 54.4 Å². The standard InChI is InChI=1S/C69H81FN8O19S2/c1-38-45(43-16-18-51(74-54(43)60(87)88)77-21-19-42-46(29-77)44(15-17-47(42)70)59(86)75-63-73-48-10-6-7-11-50(48)99-63)28-72-78(38)37-68-32-65(2)31-66(3,33-68)35-69(34-65,36-68)94-22-20-71-64(91)93-30-39-13-14-41(96-62-57(85)55(83)56(84)58(97-62)61(89)90)25-49(39)92-23-24-95-76-52(80)12-8-9-40(79)26-67(4,98-5)27-53(81)82/h6-7,10-11,13-18,25,28,55-58,62,83-85H,8-9,12,19-24,26-27,29-37H2,1-5H3,(H,71,91)(H,76,80)(H,81,82)(H,87,88)(H,89,90)(H,73,75,86)/t55-,56-,57+,58-,62+,65?,66?,67?,68?,69?/m0/s1. The SMILES string of the molecule is CSC(C)(CC(=O)O)CC(=O)CCCC(=O)NOCCOc1cc(O[C@@H]2O[C@H](C(=O)O)[C@@H](O)[C@H](O)[C@H]2O)ccc1COC(=O)NCCOC12CC3(C)CC(C)(CC(Cn4ncc(-c5ccc(N6CCc7c(F)ccc(C(=O)Nc8nc9ccccc9s8)c7C6)nc5C(=O)O)c4C)(C3)C1)C2. The summed E-state index contributed by atoms with van der Waals surface area (Å²) in [5.41, 5.74) is 5.19. The molecule has 4 bridgehead atoms. The topological polar surface area (TPSA) is 379 Å². The number of aromatic carboxylic acids is 1. The number of thiazole rings is 1. The van der Waals surface area contributed by atoms with Crippen molar-refractivity contribution in [3.8, 4) is 22.6 Å². The molecule has 2 aliphatic heterocycles. The molecule has 27 nitrogen and oxygen atoms in total. The van der Waals surface area contributed by atoms with Gasteiger partial charge in [-0.1, -0.05) is 37.3 Å². The lowest BCUT2D eigenvalue weighted by Crippen LogP contribution is -2.64. The van der Waals surface area contributed by atoms with Gasteiger partial charge in [-0.2, -0.15) is 16.9 Å². The van der Waals surface area contributed by atoms with Crippen molar-refractivity contribution in [2.24, 2.45) is 16.2 Å². The number of para-hydroxylation sites is 1. The number of hydrogen-bond acceptors (Lipinski definition) is 22. The van der Waals surface area contributed by atoms with E-state index in [1.54, 1.807) is 31.5 Å². The molecule has 6 aromatic rings. The number of carboxylic acid groups (broad SMARTS) is 3. The van der Waals surface area contributed by atoms with Crippen LogP contribution in [0.25, 0.3) is 21.3 Å². The molecule has 3 aromatic carbocycles. The average molecular weight is 1410 g/mol. The van der Waals surface area contributed by atoms with E-state index in [2.05, 4.69) is 34.9 Å². The van der Waals surface area contributed by atoms with Crippen molar-refractivity contribution in [2.75, 3.05) is 49.4 Å². The molecular formula is C69H81FN8O19S2. The predicted molar refractivity (Wildman–Crippen MR) is 358 cm³/mol. The first-order valence-corrected chi connectivity index (χ1v) is 34.7. The Balaban J connectivity index is 0.699. The third kappa shape index (κ3) is 16.4. The summed E-state index contributed by atoms with van der Waals surface area (Å²) >= 11 is 2.62. The van der Waals surface area contributed by atoms with Crippen molar-refractivity contribution in [3.05, 3.63) is 112 Å². The zero-order chi connectivity index (χ0) is 70.8. The molecule has 6 aliphatic rings. The van der Waals surface area contributed by atoms with Crippen LogP contribution in [0.1, 0.15) is 135 Å². The zero-order valence-electron chi connectivity index (χ0n) is 55.4. The fourth-order valence-electron chi connectivity index (χ4n) is 16.1. The predicted octanol–water partition coefficient (Wildman–Crippen LogP) is 8.00. The van der Waals surface area contributed by atoms with Gasteiger partial charge in [-0.05, 0) is 147 Å². The Hall–Kier alpha value is -8.36. The number of aliphatic hydroxyl groups excluding tert-OH is 3. The second kappa shape index (κ2) is 29.5. The minimum absolute atomic E-state index is 0.0338.